The molecule has 144 valence electrons. The van der Waals surface area contributed by atoms with Gasteiger partial charge in [0.05, 0.1) is 19.6 Å². The summed E-state index contributed by atoms with van der Waals surface area (Å²) in [6, 6.07) is -2.05. The fraction of sp³-hybridized carbons (Fsp3) is 0.824. The summed E-state index contributed by atoms with van der Waals surface area (Å²) < 4.78 is 4.77. The Kier molecular flexibility index (Phi) is 7.31. The van der Waals surface area contributed by atoms with Crippen LogP contribution in [0.5, 0.6) is 0 Å². The predicted octanol–water partition coefficient (Wildman–Crippen LogP) is 1.39. The van der Waals surface area contributed by atoms with Crippen molar-refractivity contribution in [3.63, 3.8) is 0 Å². The van der Waals surface area contributed by atoms with Gasteiger partial charge in [0.1, 0.15) is 6.04 Å². The molecule has 1 rings (SSSR count). The van der Waals surface area contributed by atoms with Crippen molar-refractivity contribution in [2.45, 2.75) is 64.3 Å². The van der Waals surface area contributed by atoms with Crippen molar-refractivity contribution in [3.05, 3.63) is 0 Å². The average Bonchev–Trinajstić information content (AvgIpc) is 2.70. The Hall–Kier alpha value is -1.28. The van der Waals surface area contributed by atoms with E-state index in [9.17, 15) is 14.4 Å². The number of esters is 1. The average molecular weight is 375 g/mol. The Morgan fingerprint density at radius 2 is 1.76 bits per heavy atom. The molecule has 0 aromatic carbocycles. The van der Waals surface area contributed by atoms with Crippen molar-refractivity contribution in [1.29, 1.82) is 0 Å². The van der Waals surface area contributed by atoms with Crippen molar-refractivity contribution in [2.75, 3.05) is 12.9 Å². The number of carbonyl (C=O) groups is 3. The number of nitrogens with two attached hydrogens (primary N) is 1. The first-order valence-corrected chi connectivity index (χ1v) is 9.43. The molecular formula is C17H30N2O5S. The van der Waals surface area contributed by atoms with E-state index in [0.29, 0.717) is 11.0 Å². The van der Waals surface area contributed by atoms with Crippen LogP contribution in [-0.2, 0) is 19.1 Å². The van der Waals surface area contributed by atoms with Gasteiger partial charge in [-0.25, -0.2) is 4.79 Å². The smallest absolute Gasteiger partial charge is 0.329 e. The Morgan fingerprint density at radius 3 is 2.20 bits per heavy atom. The summed E-state index contributed by atoms with van der Waals surface area (Å²) in [5.74, 6) is -2.03. The van der Waals surface area contributed by atoms with Crippen LogP contribution in [0.1, 0.15) is 47.0 Å². The van der Waals surface area contributed by atoms with E-state index < -0.39 is 36.4 Å². The van der Waals surface area contributed by atoms with Crippen LogP contribution in [0.15, 0.2) is 0 Å². The third-order valence-corrected chi connectivity index (χ3v) is 6.93. The summed E-state index contributed by atoms with van der Waals surface area (Å²) in [7, 11) is 1.26. The number of methoxy groups -OCH3 is 1. The molecule has 0 aromatic rings. The van der Waals surface area contributed by atoms with Crippen LogP contribution in [0.2, 0.25) is 0 Å². The molecule has 0 radical (unpaired) electrons. The fourth-order valence-electron chi connectivity index (χ4n) is 3.48. The molecule has 0 spiro atoms. The highest BCUT2D eigenvalue weighted by Gasteiger charge is 2.47. The molecule has 0 unspecified atom stereocenters. The number of ether oxygens (including phenoxy) is 1. The number of hydrogen-bond acceptors (Lipinski definition) is 6. The van der Waals surface area contributed by atoms with E-state index in [4.69, 9.17) is 15.6 Å². The molecule has 2 atom stereocenters. The zero-order chi connectivity index (χ0) is 19.4. The lowest BCUT2D eigenvalue weighted by molar-refractivity contribution is -0.144. The molecule has 0 bridgehead atoms. The molecule has 25 heavy (non-hydrogen) atoms. The van der Waals surface area contributed by atoms with E-state index in [-0.39, 0.29) is 10.8 Å². The second-order valence-electron chi connectivity index (χ2n) is 7.98. The van der Waals surface area contributed by atoms with Crippen LogP contribution in [-0.4, -0.2) is 53.1 Å². The third-order valence-electron chi connectivity index (χ3n) is 4.80. The number of amides is 1. The van der Waals surface area contributed by atoms with Crippen LogP contribution >= 0.6 is 11.8 Å². The minimum Gasteiger partial charge on any atom is -0.481 e. The zero-order valence-corrected chi connectivity index (χ0v) is 16.4. The molecule has 0 saturated heterocycles. The molecule has 1 amide bonds. The molecule has 4 N–H and O–H groups in total. The van der Waals surface area contributed by atoms with Gasteiger partial charge < -0.3 is 20.9 Å². The molecule has 7 nitrogen and oxygen atoms in total. The molecule has 1 fully saturated rings. The minimum absolute atomic E-state index is 0.137. The van der Waals surface area contributed by atoms with Gasteiger partial charge >= 0.3 is 11.9 Å². The van der Waals surface area contributed by atoms with E-state index in [1.54, 1.807) is 11.8 Å². The molecule has 0 heterocycles. The molecule has 8 heteroatoms. The number of nitrogens with one attached hydrogen (secondary N) is 1. The summed E-state index contributed by atoms with van der Waals surface area (Å²) in [5.41, 5.74) is 5.84. The van der Waals surface area contributed by atoms with Crippen molar-refractivity contribution >= 4 is 29.6 Å². The van der Waals surface area contributed by atoms with Crippen molar-refractivity contribution < 1.29 is 24.2 Å². The lowest BCUT2D eigenvalue weighted by Crippen LogP contribution is -2.51. The van der Waals surface area contributed by atoms with E-state index in [0.717, 1.165) is 12.8 Å². The Balaban J connectivity index is 2.75. The molecule has 1 saturated carbocycles. The first-order valence-electron chi connectivity index (χ1n) is 8.38. The van der Waals surface area contributed by atoms with Gasteiger partial charge in [-0.2, -0.15) is 11.8 Å². The number of carbonyl (C=O) groups excluding carboxylic acids is 2. The van der Waals surface area contributed by atoms with Gasteiger partial charge in [-0.1, -0.05) is 27.7 Å². The Morgan fingerprint density at radius 1 is 1.24 bits per heavy atom. The van der Waals surface area contributed by atoms with Crippen molar-refractivity contribution in [1.82, 2.24) is 5.32 Å². The van der Waals surface area contributed by atoms with Gasteiger partial charge in [0.25, 0.3) is 0 Å². The topological polar surface area (TPSA) is 119 Å². The number of rotatable bonds is 8. The number of carboxylic acid groups (broad SMARTS) is 1. The maximum atomic E-state index is 12.0. The summed E-state index contributed by atoms with van der Waals surface area (Å²) in [4.78, 5) is 34.7. The van der Waals surface area contributed by atoms with Gasteiger partial charge in [-0.15, -0.1) is 0 Å². The number of hydrogen-bond donors (Lipinski definition) is 3. The first kappa shape index (κ1) is 21.8. The molecular weight excluding hydrogens is 344 g/mol. The molecule has 1 aliphatic rings. The lowest BCUT2D eigenvalue weighted by atomic mass is 9.84. The van der Waals surface area contributed by atoms with Crippen molar-refractivity contribution in [2.24, 2.45) is 16.6 Å². The zero-order valence-electron chi connectivity index (χ0n) is 15.6. The van der Waals surface area contributed by atoms with Crippen LogP contribution in [0.25, 0.3) is 0 Å². The van der Waals surface area contributed by atoms with Gasteiger partial charge in [0, 0.05) is 11.0 Å². The summed E-state index contributed by atoms with van der Waals surface area (Å²) in [6.45, 7) is 8.86. The summed E-state index contributed by atoms with van der Waals surface area (Å²) >= 11 is 1.64. The van der Waals surface area contributed by atoms with Crippen LogP contribution in [0.3, 0.4) is 0 Å². The van der Waals surface area contributed by atoms with Gasteiger partial charge in [0.2, 0.25) is 5.91 Å². The normalized spacial score (nSPS) is 21.4. The largest absolute Gasteiger partial charge is 0.481 e. The van der Waals surface area contributed by atoms with Crippen molar-refractivity contribution in [3.8, 4) is 0 Å². The fourth-order valence-corrected chi connectivity index (χ4v) is 5.22. The number of aliphatic carboxylic acids is 1. The SMILES string of the molecule is COC(=O)[C@H](CSC1C(C)(C)CCC1(C)C)NC(=O)[C@@H](N)CC(=O)O. The van der Waals surface area contributed by atoms with Crippen LogP contribution < -0.4 is 11.1 Å². The highest BCUT2D eigenvalue weighted by molar-refractivity contribution is 8.00. The van der Waals surface area contributed by atoms with Crippen LogP contribution in [0.4, 0.5) is 0 Å². The van der Waals surface area contributed by atoms with Crippen LogP contribution in [0, 0.1) is 10.8 Å². The summed E-state index contributed by atoms with van der Waals surface area (Å²) in [6.07, 6.45) is 1.72. The van der Waals surface area contributed by atoms with E-state index in [2.05, 4.69) is 33.0 Å². The maximum absolute atomic E-state index is 12.0. The quantitative estimate of drug-likeness (QED) is 0.549. The summed E-state index contributed by atoms with van der Waals surface area (Å²) in [5, 5.41) is 11.6. The van der Waals surface area contributed by atoms with Gasteiger partial charge in [0.15, 0.2) is 0 Å². The highest BCUT2D eigenvalue weighted by Crippen LogP contribution is 2.54. The number of thioether (sulfide) groups is 1. The predicted molar refractivity (Wildman–Crippen MR) is 97.2 cm³/mol. The van der Waals surface area contributed by atoms with Gasteiger partial charge in [-0.3, -0.25) is 9.59 Å². The molecule has 0 aromatic heterocycles. The second kappa shape index (κ2) is 8.40. The lowest BCUT2D eigenvalue weighted by Gasteiger charge is -2.35. The second-order valence-corrected chi connectivity index (χ2v) is 9.12. The first-order chi connectivity index (χ1) is 11.4. The highest BCUT2D eigenvalue weighted by atomic mass is 32.2. The molecule has 1 aliphatic carbocycles. The van der Waals surface area contributed by atoms with Gasteiger partial charge in [-0.05, 0) is 23.7 Å². The minimum atomic E-state index is -1.20. The standard InChI is InChI=1S/C17H30N2O5S/c1-16(2)6-7-17(3,4)15(16)25-9-11(14(23)24-5)19-13(22)10(18)8-12(20)21/h10-11,15H,6-9,18H2,1-5H3,(H,19,22)(H,20,21)/t10-,11-/m0/s1. The molecule has 0 aliphatic heterocycles. The third kappa shape index (κ3) is 5.88. The monoisotopic (exact) mass is 374 g/mol. The maximum Gasteiger partial charge on any atom is 0.329 e. The van der Waals surface area contributed by atoms with E-state index in [1.165, 1.54) is 7.11 Å². The van der Waals surface area contributed by atoms with E-state index in [1.807, 2.05) is 0 Å². The van der Waals surface area contributed by atoms with E-state index >= 15 is 0 Å². The Bertz CT molecular complexity index is 505. The Labute approximate surface area is 153 Å². The number of carboxylic acids is 1.